The second-order valence-electron chi connectivity index (χ2n) is 4.92. The van der Waals surface area contributed by atoms with Crippen LogP contribution in [0.3, 0.4) is 0 Å². The van der Waals surface area contributed by atoms with Crippen molar-refractivity contribution in [2.45, 2.75) is 18.9 Å². The molecule has 5 heteroatoms. The molecule has 5 nitrogen and oxygen atoms in total. The lowest BCUT2D eigenvalue weighted by Crippen LogP contribution is -2.33. The highest BCUT2D eigenvalue weighted by Crippen LogP contribution is 2.33. The molecule has 1 saturated carbocycles. The molecule has 0 unspecified atom stereocenters. The van der Waals surface area contributed by atoms with Crippen LogP contribution in [0.2, 0.25) is 0 Å². The molecular weight excluding hydrogens is 254 g/mol. The van der Waals surface area contributed by atoms with Gasteiger partial charge in [0.2, 0.25) is 0 Å². The molecule has 1 aromatic carbocycles. The highest BCUT2D eigenvalue weighted by atomic mass is 16.4. The normalized spacial score (nSPS) is 13.9. The molecule has 1 aliphatic rings. The maximum Gasteiger partial charge on any atom is 0.323 e. The fourth-order valence-electron chi connectivity index (χ4n) is 2.32. The number of hydrogen-bond donors (Lipinski definition) is 1. The molecule has 0 saturated heterocycles. The van der Waals surface area contributed by atoms with Gasteiger partial charge in [0.05, 0.1) is 11.1 Å². The smallest absolute Gasteiger partial charge is 0.323 e. The van der Waals surface area contributed by atoms with Crippen molar-refractivity contribution in [3.63, 3.8) is 0 Å². The number of aromatic nitrogens is 1. The van der Waals surface area contributed by atoms with Crippen LogP contribution < -0.4 is 4.90 Å². The Balaban J connectivity index is 2.12. The van der Waals surface area contributed by atoms with Crippen LogP contribution >= 0.6 is 0 Å². The summed E-state index contributed by atoms with van der Waals surface area (Å²) in [7, 11) is 0. The first-order valence-electron chi connectivity index (χ1n) is 6.47. The van der Waals surface area contributed by atoms with Crippen LogP contribution in [0.1, 0.15) is 18.4 Å². The number of nitrogens with zero attached hydrogens (tertiary/aromatic N) is 3. The van der Waals surface area contributed by atoms with Crippen molar-refractivity contribution >= 4 is 22.7 Å². The van der Waals surface area contributed by atoms with Crippen LogP contribution in [0.4, 0.5) is 5.82 Å². The summed E-state index contributed by atoms with van der Waals surface area (Å²) in [6, 6.07) is 11.6. The van der Waals surface area contributed by atoms with Gasteiger partial charge in [-0.1, -0.05) is 18.2 Å². The highest BCUT2D eigenvalue weighted by Gasteiger charge is 2.32. The molecule has 20 heavy (non-hydrogen) atoms. The first kappa shape index (κ1) is 12.4. The predicted octanol–water partition coefficient (Wildman–Crippen LogP) is 2.16. The van der Waals surface area contributed by atoms with Gasteiger partial charge >= 0.3 is 5.97 Å². The molecule has 1 heterocycles. The summed E-state index contributed by atoms with van der Waals surface area (Å²) in [5.41, 5.74) is 1.20. The zero-order valence-electron chi connectivity index (χ0n) is 10.8. The minimum atomic E-state index is -0.907. The number of anilines is 1. The van der Waals surface area contributed by atoms with E-state index in [1.165, 1.54) is 0 Å². The lowest BCUT2D eigenvalue weighted by atomic mass is 10.1. The van der Waals surface area contributed by atoms with E-state index in [0.29, 0.717) is 11.4 Å². The van der Waals surface area contributed by atoms with Crippen LogP contribution in [0.5, 0.6) is 0 Å². The highest BCUT2D eigenvalue weighted by molar-refractivity contribution is 5.84. The average molecular weight is 267 g/mol. The summed E-state index contributed by atoms with van der Waals surface area (Å²) in [5, 5.41) is 19.2. The fraction of sp³-hybridized carbons (Fsp3) is 0.267. The second-order valence-corrected chi connectivity index (χ2v) is 4.92. The predicted molar refractivity (Wildman–Crippen MR) is 74.5 cm³/mol. The van der Waals surface area contributed by atoms with E-state index in [0.717, 1.165) is 23.7 Å². The number of carbonyl (C=O) groups is 1. The zero-order chi connectivity index (χ0) is 14.1. The minimum Gasteiger partial charge on any atom is -0.480 e. The van der Waals surface area contributed by atoms with Crippen molar-refractivity contribution in [1.29, 1.82) is 5.26 Å². The van der Waals surface area contributed by atoms with E-state index in [9.17, 15) is 10.1 Å². The van der Waals surface area contributed by atoms with E-state index in [4.69, 9.17) is 5.11 Å². The number of carboxylic acids is 1. The van der Waals surface area contributed by atoms with Gasteiger partial charge < -0.3 is 10.0 Å². The van der Waals surface area contributed by atoms with E-state index in [-0.39, 0.29) is 12.6 Å². The van der Waals surface area contributed by atoms with Crippen LogP contribution in [0.25, 0.3) is 10.9 Å². The van der Waals surface area contributed by atoms with E-state index in [1.807, 2.05) is 24.3 Å². The molecule has 100 valence electrons. The Kier molecular flexibility index (Phi) is 2.99. The van der Waals surface area contributed by atoms with Crippen molar-refractivity contribution in [3.8, 4) is 6.07 Å². The van der Waals surface area contributed by atoms with Gasteiger partial charge in [0.1, 0.15) is 18.4 Å². The van der Waals surface area contributed by atoms with Crippen LogP contribution in [0, 0.1) is 11.3 Å². The molecule has 0 amide bonds. The summed E-state index contributed by atoms with van der Waals surface area (Å²) in [5.74, 6) is -0.424. The molecule has 0 spiro atoms. The van der Waals surface area contributed by atoms with Crippen LogP contribution in [-0.4, -0.2) is 28.6 Å². The Labute approximate surface area is 116 Å². The van der Waals surface area contributed by atoms with Gasteiger partial charge in [0.25, 0.3) is 0 Å². The van der Waals surface area contributed by atoms with Crippen LogP contribution in [-0.2, 0) is 4.79 Å². The van der Waals surface area contributed by atoms with Crippen LogP contribution in [0.15, 0.2) is 30.3 Å². The van der Waals surface area contributed by atoms with Crippen molar-refractivity contribution in [2.75, 3.05) is 11.4 Å². The Morgan fingerprint density at radius 3 is 2.85 bits per heavy atom. The Morgan fingerprint density at radius 1 is 1.45 bits per heavy atom. The lowest BCUT2D eigenvalue weighted by Gasteiger charge is -2.22. The van der Waals surface area contributed by atoms with E-state index < -0.39 is 5.97 Å². The van der Waals surface area contributed by atoms with Gasteiger partial charge in [-0.2, -0.15) is 5.26 Å². The summed E-state index contributed by atoms with van der Waals surface area (Å²) in [6.45, 7) is -0.120. The van der Waals surface area contributed by atoms with Crippen molar-refractivity contribution < 1.29 is 9.90 Å². The van der Waals surface area contributed by atoms with Gasteiger partial charge in [-0.05, 0) is 25.0 Å². The Hall–Kier alpha value is -2.61. The molecule has 3 rings (SSSR count). The van der Waals surface area contributed by atoms with E-state index >= 15 is 0 Å². The van der Waals surface area contributed by atoms with Gasteiger partial charge in [-0.15, -0.1) is 0 Å². The minimum absolute atomic E-state index is 0.120. The molecule has 1 fully saturated rings. The number of fused-ring (bicyclic) bond motifs is 1. The second kappa shape index (κ2) is 4.82. The largest absolute Gasteiger partial charge is 0.480 e. The Morgan fingerprint density at radius 2 is 2.20 bits per heavy atom. The summed E-state index contributed by atoms with van der Waals surface area (Å²) < 4.78 is 0. The van der Waals surface area contributed by atoms with Crippen molar-refractivity contribution in [1.82, 2.24) is 4.98 Å². The number of rotatable bonds is 4. The van der Waals surface area contributed by atoms with Crippen molar-refractivity contribution in [2.24, 2.45) is 0 Å². The quantitative estimate of drug-likeness (QED) is 0.918. The lowest BCUT2D eigenvalue weighted by molar-refractivity contribution is -0.135. The monoisotopic (exact) mass is 267 g/mol. The SMILES string of the molecule is N#Cc1cc2ccccc2nc1N(CC(=O)O)C1CC1. The van der Waals surface area contributed by atoms with Gasteiger partial charge in [-0.3, -0.25) is 4.79 Å². The van der Waals surface area contributed by atoms with Gasteiger partial charge in [0, 0.05) is 11.4 Å². The summed E-state index contributed by atoms with van der Waals surface area (Å²) in [4.78, 5) is 17.3. The summed E-state index contributed by atoms with van der Waals surface area (Å²) in [6.07, 6.45) is 1.90. The molecule has 1 N–H and O–H groups in total. The van der Waals surface area contributed by atoms with E-state index in [1.54, 1.807) is 11.0 Å². The number of carboxylic acid groups (broad SMARTS) is 1. The number of para-hydroxylation sites is 1. The third-order valence-electron chi connectivity index (χ3n) is 3.39. The number of aliphatic carboxylic acids is 1. The molecule has 0 atom stereocenters. The molecule has 0 aliphatic heterocycles. The first-order chi connectivity index (χ1) is 9.69. The number of hydrogen-bond acceptors (Lipinski definition) is 4. The standard InChI is InChI=1S/C15H13N3O2/c16-8-11-7-10-3-1-2-4-13(10)17-15(11)18(9-14(19)20)12-5-6-12/h1-4,7,12H,5-6,9H2,(H,19,20). The zero-order valence-corrected chi connectivity index (χ0v) is 10.8. The molecule has 1 aromatic heterocycles. The van der Waals surface area contributed by atoms with Gasteiger partial charge in [-0.25, -0.2) is 4.98 Å². The van der Waals surface area contributed by atoms with E-state index in [2.05, 4.69) is 11.1 Å². The molecule has 2 aromatic rings. The number of pyridine rings is 1. The average Bonchev–Trinajstić information content (AvgIpc) is 3.27. The maximum atomic E-state index is 11.0. The maximum absolute atomic E-state index is 11.0. The third-order valence-corrected chi connectivity index (χ3v) is 3.39. The number of nitriles is 1. The number of benzene rings is 1. The Bertz CT molecular complexity index is 717. The summed E-state index contributed by atoms with van der Waals surface area (Å²) >= 11 is 0. The molecule has 1 aliphatic carbocycles. The fourth-order valence-corrected chi connectivity index (χ4v) is 2.32. The molecule has 0 bridgehead atoms. The molecule has 0 radical (unpaired) electrons. The first-order valence-corrected chi connectivity index (χ1v) is 6.47. The topological polar surface area (TPSA) is 77.2 Å². The molecular formula is C15H13N3O2. The third kappa shape index (κ3) is 2.28. The van der Waals surface area contributed by atoms with Crippen molar-refractivity contribution in [3.05, 3.63) is 35.9 Å². The van der Waals surface area contributed by atoms with Gasteiger partial charge in [0.15, 0.2) is 0 Å².